The van der Waals surface area contributed by atoms with Crippen molar-refractivity contribution in [3.05, 3.63) is 64.0 Å². The van der Waals surface area contributed by atoms with E-state index in [-0.39, 0.29) is 6.04 Å². The van der Waals surface area contributed by atoms with Gasteiger partial charge in [-0.15, -0.1) is 11.3 Å². The Morgan fingerprint density at radius 2 is 2.06 bits per heavy atom. The summed E-state index contributed by atoms with van der Waals surface area (Å²) in [6.45, 7) is 2.11. The lowest BCUT2D eigenvalue weighted by molar-refractivity contribution is 0.894. The van der Waals surface area contributed by atoms with Crippen molar-refractivity contribution in [1.29, 1.82) is 0 Å². The smallest absolute Gasteiger partial charge is 0.0705 e. The number of rotatable bonds is 2. The number of thiophene rings is 1. The molecule has 1 unspecified atom stereocenters. The summed E-state index contributed by atoms with van der Waals surface area (Å²) in [5, 5.41) is 3.23. The first-order chi connectivity index (χ1) is 8.77. The molecule has 0 spiro atoms. The maximum atomic E-state index is 6.41. The second kappa shape index (κ2) is 4.52. The van der Waals surface area contributed by atoms with E-state index in [2.05, 4.69) is 35.5 Å². The van der Waals surface area contributed by atoms with E-state index in [0.717, 1.165) is 16.5 Å². The zero-order valence-corrected chi connectivity index (χ0v) is 10.9. The van der Waals surface area contributed by atoms with Crippen molar-refractivity contribution in [2.24, 2.45) is 5.73 Å². The Morgan fingerprint density at radius 3 is 2.83 bits per heavy atom. The Labute approximate surface area is 110 Å². The number of hydrogen-bond acceptors (Lipinski definition) is 3. The average molecular weight is 254 g/mol. The fourth-order valence-corrected chi connectivity index (χ4v) is 3.19. The number of hydrogen-bond donors (Lipinski definition) is 1. The Morgan fingerprint density at radius 1 is 1.17 bits per heavy atom. The Bertz CT molecular complexity index is 682. The summed E-state index contributed by atoms with van der Waals surface area (Å²) in [6.07, 6.45) is 1.81. The lowest BCUT2D eigenvalue weighted by Gasteiger charge is -2.14. The van der Waals surface area contributed by atoms with E-state index < -0.39 is 0 Å². The zero-order chi connectivity index (χ0) is 12.5. The maximum Gasteiger partial charge on any atom is 0.0705 e. The van der Waals surface area contributed by atoms with Gasteiger partial charge in [0.15, 0.2) is 0 Å². The molecule has 2 aromatic heterocycles. The first-order valence-corrected chi connectivity index (χ1v) is 6.78. The third kappa shape index (κ3) is 1.82. The van der Waals surface area contributed by atoms with Crippen LogP contribution in [0.4, 0.5) is 0 Å². The molecule has 2 N–H and O–H groups in total. The van der Waals surface area contributed by atoms with E-state index in [1.807, 2.05) is 24.4 Å². The van der Waals surface area contributed by atoms with Crippen LogP contribution in [0.15, 0.2) is 48.0 Å². The van der Waals surface area contributed by atoms with Crippen LogP contribution in [0.1, 0.15) is 22.0 Å². The highest BCUT2D eigenvalue weighted by molar-refractivity contribution is 7.10. The molecule has 3 rings (SSSR count). The van der Waals surface area contributed by atoms with E-state index in [4.69, 9.17) is 5.73 Å². The summed E-state index contributed by atoms with van der Waals surface area (Å²) in [6, 6.07) is 12.2. The molecule has 3 aromatic rings. The molecule has 18 heavy (non-hydrogen) atoms. The molecule has 0 radical (unpaired) electrons. The summed E-state index contributed by atoms with van der Waals surface area (Å²) >= 11 is 1.72. The quantitative estimate of drug-likeness (QED) is 0.758. The summed E-state index contributed by atoms with van der Waals surface area (Å²) < 4.78 is 0. The lowest BCUT2D eigenvalue weighted by Crippen LogP contribution is -2.11. The Balaban J connectivity index is 2.18. The van der Waals surface area contributed by atoms with Crippen LogP contribution in [0.2, 0.25) is 0 Å². The number of aryl methyl sites for hydroxylation is 1. The summed E-state index contributed by atoms with van der Waals surface area (Å²) in [4.78, 5) is 5.60. The fourth-order valence-electron chi connectivity index (χ4n) is 2.24. The number of fused-ring (bicyclic) bond motifs is 1. The third-order valence-corrected chi connectivity index (χ3v) is 4.30. The molecule has 0 fully saturated rings. The Kier molecular flexibility index (Phi) is 2.86. The van der Waals surface area contributed by atoms with Gasteiger partial charge in [-0.3, -0.25) is 4.98 Å². The predicted octanol–water partition coefficient (Wildman–Crippen LogP) is 3.65. The van der Waals surface area contributed by atoms with Crippen LogP contribution in [0, 0.1) is 6.92 Å². The molecule has 90 valence electrons. The van der Waals surface area contributed by atoms with Gasteiger partial charge in [-0.1, -0.05) is 18.2 Å². The third-order valence-electron chi connectivity index (χ3n) is 3.20. The minimum atomic E-state index is -0.0714. The van der Waals surface area contributed by atoms with Gasteiger partial charge in [0.2, 0.25) is 0 Å². The highest BCUT2D eigenvalue weighted by atomic mass is 32.1. The van der Waals surface area contributed by atoms with Crippen molar-refractivity contribution in [3.8, 4) is 0 Å². The second-order valence-corrected chi connectivity index (χ2v) is 5.31. The van der Waals surface area contributed by atoms with Crippen LogP contribution < -0.4 is 5.73 Å². The molecule has 0 saturated heterocycles. The highest BCUT2D eigenvalue weighted by Gasteiger charge is 2.15. The molecule has 2 nitrogen and oxygen atoms in total. The van der Waals surface area contributed by atoms with E-state index in [9.17, 15) is 0 Å². The topological polar surface area (TPSA) is 38.9 Å². The predicted molar refractivity (Wildman–Crippen MR) is 76.8 cm³/mol. The fraction of sp³-hybridized carbons (Fsp3) is 0.133. The molecule has 0 aliphatic heterocycles. The van der Waals surface area contributed by atoms with Crippen molar-refractivity contribution in [2.45, 2.75) is 13.0 Å². The molecule has 0 amide bonds. The number of nitrogens with two attached hydrogens (primary N) is 1. The number of pyridine rings is 1. The molecule has 1 aromatic carbocycles. The minimum Gasteiger partial charge on any atom is -0.320 e. The average Bonchev–Trinajstić information content (AvgIpc) is 2.83. The zero-order valence-electron chi connectivity index (χ0n) is 10.1. The number of nitrogens with zero attached hydrogens (tertiary/aromatic N) is 1. The van der Waals surface area contributed by atoms with E-state index >= 15 is 0 Å². The summed E-state index contributed by atoms with van der Waals surface area (Å²) in [5.74, 6) is 0. The standard InChI is InChI=1S/C15H14N2S/c1-10-7-9-18-15(10)14(16)12-4-2-6-13-11(12)5-3-8-17-13/h2-9,14H,16H2,1H3. The van der Waals surface area contributed by atoms with Crippen molar-refractivity contribution in [3.63, 3.8) is 0 Å². The molecule has 1 atom stereocenters. The first kappa shape index (κ1) is 11.4. The van der Waals surface area contributed by atoms with Gasteiger partial charge in [0.05, 0.1) is 11.6 Å². The van der Waals surface area contributed by atoms with E-state index in [1.54, 1.807) is 11.3 Å². The SMILES string of the molecule is Cc1ccsc1C(N)c1cccc2ncccc12. The van der Waals surface area contributed by atoms with Crippen LogP contribution in [0.25, 0.3) is 10.9 Å². The molecule has 0 saturated carbocycles. The van der Waals surface area contributed by atoms with Gasteiger partial charge in [0.25, 0.3) is 0 Å². The minimum absolute atomic E-state index is 0.0714. The van der Waals surface area contributed by atoms with Gasteiger partial charge in [0.1, 0.15) is 0 Å². The Hall–Kier alpha value is -1.71. The molecule has 2 heterocycles. The van der Waals surface area contributed by atoms with Crippen molar-refractivity contribution in [1.82, 2.24) is 4.98 Å². The van der Waals surface area contributed by atoms with Gasteiger partial charge < -0.3 is 5.73 Å². The second-order valence-electron chi connectivity index (χ2n) is 4.36. The van der Waals surface area contributed by atoms with Gasteiger partial charge in [0, 0.05) is 16.5 Å². The van der Waals surface area contributed by atoms with Crippen LogP contribution in [-0.4, -0.2) is 4.98 Å². The van der Waals surface area contributed by atoms with E-state index in [1.165, 1.54) is 10.4 Å². The van der Waals surface area contributed by atoms with Gasteiger partial charge >= 0.3 is 0 Å². The van der Waals surface area contributed by atoms with Crippen LogP contribution >= 0.6 is 11.3 Å². The molecule has 0 aliphatic rings. The molecular formula is C15H14N2S. The monoisotopic (exact) mass is 254 g/mol. The number of benzene rings is 1. The summed E-state index contributed by atoms with van der Waals surface area (Å²) in [5.41, 5.74) is 9.81. The van der Waals surface area contributed by atoms with Crippen molar-refractivity contribution in [2.75, 3.05) is 0 Å². The van der Waals surface area contributed by atoms with Crippen LogP contribution in [-0.2, 0) is 0 Å². The molecule has 3 heteroatoms. The molecular weight excluding hydrogens is 240 g/mol. The van der Waals surface area contributed by atoms with Crippen molar-refractivity contribution >= 4 is 22.2 Å². The van der Waals surface area contributed by atoms with Crippen LogP contribution in [0.3, 0.4) is 0 Å². The van der Waals surface area contributed by atoms with Crippen LogP contribution in [0.5, 0.6) is 0 Å². The van der Waals surface area contributed by atoms with Crippen molar-refractivity contribution < 1.29 is 0 Å². The lowest BCUT2D eigenvalue weighted by atomic mass is 9.99. The molecule has 0 bridgehead atoms. The summed E-state index contributed by atoms with van der Waals surface area (Å²) in [7, 11) is 0. The maximum absolute atomic E-state index is 6.41. The van der Waals surface area contributed by atoms with Gasteiger partial charge in [-0.2, -0.15) is 0 Å². The van der Waals surface area contributed by atoms with Gasteiger partial charge in [-0.05, 0) is 41.6 Å². The normalized spacial score (nSPS) is 12.8. The largest absolute Gasteiger partial charge is 0.320 e. The van der Waals surface area contributed by atoms with Gasteiger partial charge in [-0.25, -0.2) is 0 Å². The van der Waals surface area contributed by atoms with E-state index in [0.29, 0.717) is 0 Å². The molecule has 0 aliphatic carbocycles. The number of aromatic nitrogens is 1. The first-order valence-electron chi connectivity index (χ1n) is 5.90. The highest BCUT2D eigenvalue weighted by Crippen LogP contribution is 2.31.